The summed E-state index contributed by atoms with van der Waals surface area (Å²) in [5, 5.41) is 5.25. The van der Waals surface area contributed by atoms with E-state index in [1.807, 2.05) is 6.26 Å². The van der Waals surface area contributed by atoms with Gasteiger partial charge in [-0.15, -0.1) is 11.8 Å². The van der Waals surface area contributed by atoms with Gasteiger partial charge in [0.15, 0.2) is 5.11 Å². The molecule has 0 rings (SSSR count). The number of thioether (sulfide) groups is 1. The first-order valence-electron chi connectivity index (χ1n) is 2.91. The molecule has 0 heterocycles. The van der Waals surface area contributed by atoms with Crippen molar-refractivity contribution in [1.82, 2.24) is 10.6 Å². The highest BCUT2D eigenvalue weighted by Crippen LogP contribution is 1.85. The lowest BCUT2D eigenvalue weighted by molar-refractivity contribution is 0.481. The average molecular weight is 230 g/mol. The highest BCUT2D eigenvalue weighted by molar-refractivity contribution is 7.98. The first kappa shape index (κ1) is 11.9. The van der Waals surface area contributed by atoms with E-state index in [1.54, 1.807) is 0 Å². The molecule has 8 heteroatoms. The van der Waals surface area contributed by atoms with Crippen molar-refractivity contribution in [3.8, 4) is 0 Å². The second-order valence-corrected chi connectivity index (χ2v) is 4.57. The molecule has 0 atom stereocenters. The molecule has 0 aliphatic heterocycles. The molecule has 0 saturated heterocycles. The molecule has 0 aromatic heterocycles. The van der Waals surface area contributed by atoms with Gasteiger partial charge in [-0.05, 0) is 18.5 Å². The van der Waals surface area contributed by atoms with Crippen LogP contribution in [0, 0.1) is 0 Å². The number of nitrogens with one attached hydrogen (secondary N) is 2. The van der Waals surface area contributed by atoms with E-state index in [-0.39, 0.29) is 5.11 Å². The van der Waals surface area contributed by atoms with Gasteiger partial charge in [-0.1, -0.05) is 0 Å². The van der Waals surface area contributed by atoms with Crippen LogP contribution in [0.5, 0.6) is 0 Å². The fourth-order valence-electron chi connectivity index (χ4n) is 0.357. The topological polar surface area (TPSA) is 78.4 Å². The second kappa shape index (κ2) is 5.57. The summed E-state index contributed by atoms with van der Waals surface area (Å²) in [6.45, 7) is 0. The lowest BCUT2D eigenvalue weighted by Crippen LogP contribution is -2.37. The fraction of sp³-hybridized carbons (Fsp3) is 0.750. The van der Waals surface area contributed by atoms with Crippen LogP contribution in [0.3, 0.4) is 0 Å². The Morgan fingerprint density at radius 2 is 2.17 bits per heavy atom. The monoisotopic (exact) mass is 230 g/mol. The minimum atomic E-state index is -3.99. The van der Waals surface area contributed by atoms with Gasteiger partial charge in [0.25, 0.3) is 10.1 Å². The molecule has 0 fully saturated rings. The quantitative estimate of drug-likeness (QED) is 0.345. The molecule has 0 spiro atoms. The van der Waals surface area contributed by atoms with Crippen LogP contribution in [0.4, 0.5) is 0 Å². The van der Waals surface area contributed by atoms with E-state index >= 15 is 0 Å². The van der Waals surface area contributed by atoms with Crippen molar-refractivity contribution in [3.63, 3.8) is 0 Å². The summed E-state index contributed by atoms with van der Waals surface area (Å²) >= 11 is 6.19. The summed E-state index contributed by atoms with van der Waals surface area (Å²) in [7, 11) is -3.99. The van der Waals surface area contributed by atoms with Crippen LogP contribution >= 0.6 is 24.0 Å². The molecule has 0 radical (unpaired) electrons. The number of thiocarbonyl (C=S) groups is 1. The fourth-order valence-corrected chi connectivity index (χ4v) is 1.30. The summed E-state index contributed by atoms with van der Waals surface area (Å²) in [6.07, 6.45) is 1.87. The number of hydrogen-bond donors (Lipinski definition) is 3. The largest absolute Gasteiger partial charge is 0.354 e. The van der Waals surface area contributed by atoms with E-state index < -0.39 is 16.0 Å². The van der Waals surface area contributed by atoms with Crippen molar-refractivity contribution >= 4 is 39.2 Å². The first-order chi connectivity index (χ1) is 5.45. The van der Waals surface area contributed by atoms with Crippen LogP contribution < -0.4 is 10.6 Å². The van der Waals surface area contributed by atoms with Crippen molar-refractivity contribution in [1.29, 1.82) is 0 Å². The highest BCUT2D eigenvalue weighted by Gasteiger charge is 2.03. The van der Waals surface area contributed by atoms with Crippen LogP contribution in [0.15, 0.2) is 0 Å². The lowest BCUT2D eigenvalue weighted by atomic mass is 11.0. The number of hydrogen-bond acceptors (Lipinski definition) is 4. The van der Waals surface area contributed by atoms with Gasteiger partial charge in [0.05, 0.1) is 5.88 Å². The third-order valence-corrected chi connectivity index (χ3v) is 2.02. The first-order valence-corrected chi connectivity index (χ1v) is 6.32. The summed E-state index contributed by atoms with van der Waals surface area (Å²) in [5.74, 6) is 0.0323. The van der Waals surface area contributed by atoms with Crippen molar-refractivity contribution in [3.05, 3.63) is 0 Å². The van der Waals surface area contributed by atoms with Crippen LogP contribution in [-0.4, -0.2) is 36.1 Å². The van der Waals surface area contributed by atoms with E-state index in [9.17, 15) is 8.42 Å². The van der Waals surface area contributed by atoms with Gasteiger partial charge in [0, 0.05) is 0 Å². The Bertz CT molecular complexity index is 238. The predicted octanol–water partition coefficient (Wildman–Crippen LogP) is -0.384. The van der Waals surface area contributed by atoms with Crippen LogP contribution in [-0.2, 0) is 10.1 Å². The minimum absolute atomic E-state index is 0.210. The normalized spacial score (nSPS) is 10.8. The van der Waals surface area contributed by atoms with E-state index in [1.165, 1.54) is 11.8 Å². The summed E-state index contributed by atoms with van der Waals surface area (Å²) in [4.78, 5) is 0. The minimum Gasteiger partial charge on any atom is -0.354 e. The van der Waals surface area contributed by atoms with Crippen molar-refractivity contribution in [2.75, 3.05) is 18.0 Å². The summed E-state index contributed by atoms with van der Waals surface area (Å²) < 4.78 is 28.7. The third-order valence-electron chi connectivity index (χ3n) is 0.792. The Balaban J connectivity index is 3.58. The highest BCUT2D eigenvalue weighted by atomic mass is 32.2. The molecular formula is C4H10N2O3S3. The van der Waals surface area contributed by atoms with Crippen molar-refractivity contribution < 1.29 is 13.0 Å². The van der Waals surface area contributed by atoms with Crippen LogP contribution in [0.2, 0.25) is 0 Å². The average Bonchev–Trinajstić information content (AvgIpc) is 1.95. The lowest BCUT2D eigenvalue weighted by Gasteiger charge is -2.06. The van der Waals surface area contributed by atoms with Gasteiger partial charge < -0.3 is 10.6 Å². The molecule has 0 aliphatic rings. The standard InChI is InChI=1S/C4H10N2O3S3/c1-11-2-5-4(10)6-3-12(7,8)9/h2-3H2,1H3,(H2,5,6,10)(H,7,8,9). The van der Waals surface area contributed by atoms with Gasteiger partial charge in [-0.25, -0.2) is 0 Å². The Morgan fingerprint density at radius 3 is 2.58 bits per heavy atom. The van der Waals surface area contributed by atoms with Gasteiger partial charge in [-0.3, -0.25) is 4.55 Å². The maximum absolute atomic E-state index is 10.2. The van der Waals surface area contributed by atoms with Crippen molar-refractivity contribution in [2.45, 2.75) is 0 Å². The molecule has 0 aromatic carbocycles. The predicted molar refractivity (Wildman–Crippen MR) is 53.7 cm³/mol. The van der Waals surface area contributed by atoms with Crippen molar-refractivity contribution in [2.24, 2.45) is 0 Å². The van der Waals surface area contributed by atoms with Gasteiger partial charge in [-0.2, -0.15) is 8.42 Å². The van der Waals surface area contributed by atoms with Gasteiger partial charge in [0.1, 0.15) is 5.88 Å². The van der Waals surface area contributed by atoms with Crippen LogP contribution in [0.25, 0.3) is 0 Å². The van der Waals surface area contributed by atoms with Crippen LogP contribution in [0.1, 0.15) is 0 Å². The number of rotatable bonds is 4. The molecule has 0 aliphatic carbocycles. The maximum atomic E-state index is 10.2. The zero-order chi connectivity index (χ0) is 9.61. The smallest absolute Gasteiger partial charge is 0.283 e. The zero-order valence-electron chi connectivity index (χ0n) is 6.40. The van der Waals surface area contributed by atoms with Gasteiger partial charge >= 0.3 is 0 Å². The van der Waals surface area contributed by atoms with E-state index in [2.05, 4.69) is 22.9 Å². The molecule has 12 heavy (non-hydrogen) atoms. The molecule has 3 N–H and O–H groups in total. The summed E-state index contributed by atoms with van der Waals surface area (Å²) in [5.41, 5.74) is 0. The molecule has 0 aromatic rings. The molecule has 72 valence electrons. The Morgan fingerprint density at radius 1 is 1.58 bits per heavy atom. The second-order valence-electron chi connectivity index (χ2n) is 1.84. The molecule has 0 saturated carbocycles. The zero-order valence-corrected chi connectivity index (χ0v) is 8.85. The Hall–Kier alpha value is -0.0500. The maximum Gasteiger partial charge on any atom is 0.283 e. The Kier molecular flexibility index (Phi) is 5.55. The van der Waals surface area contributed by atoms with E-state index in [0.717, 1.165) is 0 Å². The van der Waals surface area contributed by atoms with E-state index in [0.29, 0.717) is 5.88 Å². The summed E-state index contributed by atoms with van der Waals surface area (Å²) in [6, 6.07) is 0. The Labute approximate surface area is 81.0 Å². The molecule has 0 amide bonds. The molecule has 0 bridgehead atoms. The third kappa shape index (κ3) is 8.05. The molecule has 5 nitrogen and oxygen atoms in total. The van der Waals surface area contributed by atoms with E-state index in [4.69, 9.17) is 4.55 Å². The molecular weight excluding hydrogens is 220 g/mol. The SMILES string of the molecule is CSCNC(=S)NCS(=O)(=O)O. The molecule has 0 unspecified atom stereocenters. The van der Waals surface area contributed by atoms with Gasteiger partial charge in [0.2, 0.25) is 0 Å².